The topological polar surface area (TPSA) is 30.0 Å². The Labute approximate surface area is 92.4 Å². The van der Waals surface area contributed by atoms with Gasteiger partial charge in [0, 0.05) is 10.7 Å². The van der Waals surface area contributed by atoms with E-state index < -0.39 is 11.7 Å². The Morgan fingerprint density at radius 1 is 1.64 bits per heavy atom. The number of hydrogen-bond acceptors (Lipinski definition) is 2. The van der Waals surface area contributed by atoms with Crippen LogP contribution >= 0.6 is 27.5 Å². The highest BCUT2D eigenvalue weighted by atomic mass is 79.9. The highest BCUT2D eigenvalue weighted by molar-refractivity contribution is 9.10. The van der Waals surface area contributed by atoms with Crippen LogP contribution < -0.4 is 0 Å². The molecule has 1 aromatic heterocycles. The molecule has 0 aliphatic heterocycles. The number of rotatable bonds is 2. The molecule has 6 heteroatoms. The van der Waals surface area contributed by atoms with Gasteiger partial charge in [-0.1, -0.05) is 0 Å². The number of nitrogens with zero attached hydrogens (tertiary/aromatic N) is 1. The lowest BCUT2D eigenvalue weighted by Gasteiger charge is -2.07. The van der Waals surface area contributed by atoms with Gasteiger partial charge >= 0.3 is 0 Å². The molecule has 0 fully saturated rings. The zero-order valence-corrected chi connectivity index (χ0v) is 9.36. The molecule has 2 nitrogen and oxygen atoms in total. The Balaban J connectivity index is 3.33. The summed E-state index contributed by atoms with van der Waals surface area (Å²) in [4.78, 5) is 14.4. The van der Waals surface area contributed by atoms with Gasteiger partial charge in [0.2, 0.25) is 0 Å². The molecule has 0 aromatic carbocycles. The molecule has 76 valence electrons. The van der Waals surface area contributed by atoms with Gasteiger partial charge in [0.15, 0.2) is 0 Å². The fraction of sp³-hybridized carbons (Fsp3) is 0.250. The van der Waals surface area contributed by atoms with E-state index in [9.17, 15) is 13.6 Å². The van der Waals surface area contributed by atoms with Crippen LogP contribution in [0.2, 0.25) is 0 Å². The van der Waals surface area contributed by atoms with Crippen molar-refractivity contribution in [2.45, 2.75) is 13.3 Å². The first-order valence-corrected chi connectivity index (χ1v) is 4.75. The fourth-order valence-electron chi connectivity index (χ4n) is 0.958. The first-order valence-electron chi connectivity index (χ1n) is 3.58. The Hall–Kier alpha value is -0.550. The summed E-state index contributed by atoms with van der Waals surface area (Å²) >= 11 is 8.17. The van der Waals surface area contributed by atoms with Gasteiger partial charge in [-0.2, -0.15) is 0 Å². The summed E-state index contributed by atoms with van der Waals surface area (Å²) in [6, 6.07) is 0. The van der Waals surface area contributed by atoms with Crippen molar-refractivity contribution in [3.05, 3.63) is 27.5 Å². The number of carbonyl (C=O) groups is 1. The van der Waals surface area contributed by atoms with Gasteiger partial charge in [0.25, 0.3) is 11.7 Å². The molecule has 1 rings (SSSR count). The molecule has 0 saturated carbocycles. The maximum atomic E-state index is 12.4. The average molecular weight is 284 g/mol. The van der Waals surface area contributed by atoms with Crippen LogP contribution in [0, 0.1) is 6.92 Å². The maximum Gasteiger partial charge on any atom is 0.271 e. The van der Waals surface area contributed by atoms with Crippen LogP contribution in [0.5, 0.6) is 0 Å². The predicted octanol–water partition coefficient (Wildman–Crippen LogP) is 3.47. The van der Waals surface area contributed by atoms with Gasteiger partial charge < -0.3 is 0 Å². The van der Waals surface area contributed by atoms with E-state index in [0.29, 0.717) is 5.56 Å². The third-order valence-corrected chi connectivity index (χ3v) is 2.92. The second kappa shape index (κ2) is 4.31. The van der Waals surface area contributed by atoms with Crippen molar-refractivity contribution in [3.8, 4) is 0 Å². The smallest absolute Gasteiger partial charge is 0.271 e. The van der Waals surface area contributed by atoms with Gasteiger partial charge in [-0.15, -0.1) is 0 Å². The molecule has 0 saturated heterocycles. The van der Waals surface area contributed by atoms with Crippen LogP contribution in [-0.4, -0.2) is 10.2 Å². The quantitative estimate of drug-likeness (QED) is 0.778. The molecule has 14 heavy (non-hydrogen) atoms. The van der Waals surface area contributed by atoms with Gasteiger partial charge in [0.05, 0.1) is 5.56 Å². The van der Waals surface area contributed by atoms with Crippen molar-refractivity contribution in [1.29, 1.82) is 0 Å². The molecule has 0 N–H and O–H groups in total. The summed E-state index contributed by atoms with van der Waals surface area (Å²) < 4.78 is 24.9. The van der Waals surface area contributed by atoms with E-state index >= 15 is 0 Å². The molecule has 0 atom stereocenters. The molecule has 0 radical (unpaired) electrons. The number of aromatic nitrogens is 1. The average Bonchev–Trinajstić information content (AvgIpc) is 2.08. The highest BCUT2D eigenvalue weighted by Gasteiger charge is 2.18. The molecule has 0 amide bonds. The lowest BCUT2D eigenvalue weighted by atomic mass is 10.1. The number of carbonyl (C=O) groups excluding carboxylic acids is 1. The van der Waals surface area contributed by atoms with E-state index in [1.165, 1.54) is 6.92 Å². The lowest BCUT2D eigenvalue weighted by Crippen LogP contribution is -2.02. The first kappa shape index (κ1) is 11.5. The molecule has 1 heterocycles. The van der Waals surface area contributed by atoms with Crippen LogP contribution in [0.3, 0.4) is 0 Å². The van der Waals surface area contributed by atoms with Crippen LogP contribution in [0.15, 0.2) is 10.7 Å². The van der Waals surface area contributed by atoms with Gasteiger partial charge in [0.1, 0.15) is 5.69 Å². The van der Waals surface area contributed by atoms with Crippen molar-refractivity contribution in [2.24, 2.45) is 0 Å². The number of alkyl halides is 2. The standard InChI is InChI=1S/C8H5BrClF2NO/c1-3-5(9)4(8(11)12)2-13-6(3)7(10)14/h2,8H,1H3. The summed E-state index contributed by atoms with van der Waals surface area (Å²) in [5, 5.41) is -0.760. The molecule has 0 spiro atoms. The summed E-state index contributed by atoms with van der Waals surface area (Å²) in [6.07, 6.45) is -1.69. The summed E-state index contributed by atoms with van der Waals surface area (Å²) in [7, 11) is 0. The molecule has 0 bridgehead atoms. The Morgan fingerprint density at radius 3 is 2.64 bits per heavy atom. The van der Waals surface area contributed by atoms with Crippen LogP contribution in [0.1, 0.15) is 28.0 Å². The molecular formula is C8H5BrClF2NO. The minimum Gasteiger partial charge on any atom is -0.274 e. The minimum atomic E-state index is -2.63. The van der Waals surface area contributed by atoms with Crippen molar-refractivity contribution >= 4 is 32.8 Å². The zero-order valence-electron chi connectivity index (χ0n) is 7.02. The monoisotopic (exact) mass is 283 g/mol. The van der Waals surface area contributed by atoms with Crippen molar-refractivity contribution < 1.29 is 13.6 Å². The van der Waals surface area contributed by atoms with E-state index in [4.69, 9.17) is 11.6 Å². The van der Waals surface area contributed by atoms with Crippen molar-refractivity contribution in [3.63, 3.8) is 0 Å². The van der Waals surface area contributed by atoms with E-state index in [-0.39, 0.29) is 15.7 Å². The van der Waals surface area contributed by atoms with E-state index in [1.807, 2.05) is 0 Å². The molecule has 0 unspecified atom stereocenters. The van der Waals surface area contributed by atoms with Crippen LogP contribution in [0.4, 0.5) is 8.78 Å². The normalized spacial score (nSPS) is 10.7. The predicted molar refractivity (Wildman–Crippen MR) is 51.8 cm³/mol. The Morgan fingerprint density at radius 2 is 2.21 bits per heavy atom. The largest absolute Gasteiger partial charge is 0.274 e. The van der Waals surface area contributed by atoms with Gasteiger partial charge in [-0.05, 0) is 40.0 Å². The van der Waals surface area contributed by atoms with Crippen LogP contribution in [0.25, 0.3) is 0 Å². The minimum absolute atomic E-state index is 0.0112. The van der Waals surface area contributed by atoms with Crippen molar-refractivity contribution in [1.82, 2.24) is 4.98 Å². The SMILES string of the molecule is Cc1c(C(=O)Cl)ncc(C(F)F)c1Br. The molecular weight excluding hydrogens is 279 g/mol. The van der Waals surface area contributed by atoms with E-state index in [2.05, 4.69) is 20.9 Å². The molecule has 0 aliphatic carbocycles. The molecule has 0 aliphatic rings. The number of pyridine rings is 1. The maximum absolute atomic E-state index is 12.4. The molecule has 1 aromatic rings. The number of hydrogen-bond donors (Lipinski definition) is 0. The second-order valence-electron chi connectivity index (χ2n) is 2.58. The van der Waals surface area contributed by atoms with Crippen LogP contribution in [-0.2, 0) is 0 Å². The van der Waals surface area contributed by atoms with E-state index in [0.717, 1.165) is 6.20 Å². The van der Waals surface area contributed by atoms with Crippen molar-refractivity contribution in [2.75, 3.05) is 0 Å². The summed E-state index contributed by atoms with van der Waals surface area (Å²) in [5.41, 5.74) is 0.0647. The Kier molecular flexibility index (Phi) is 3.55. The zero-order chi connectivity index (χ0) is 10.9. The first-order chi connectivity index (χ1) is 6.45. The summed E-state index contributed by atoms with van der Waals surface area (Å²) in [5.74, 6) is 0. The summed E-state index contributed by atoms with van der Waals surface area (Å²) in [6.45, 7) is 1.50. The van der Waals surface area contributed by atoms with E-state index in [1.54, 1.807) is 0 Å². The second-order valence-corrected chi connectivity index (χ2v) is 3.71. The van der Waals surface area contributed by atoms with Gasteiger partial charge in [-0.3, -0.25) is 9.78 Å². The number of halogens is 4. The highest BCUT2D eigenvalue weighted by Crippen LogP contribution is 2.30. The third kappa shape index (κ3) is 2.09. The third-order valence-electron chi connectivity index (χ3n) is 1.69. The Bertz CT molecular complexity index is 384. The lowest BCUT2D eigenvalue weighted by molar-refractivity contribution is 0.107. The van der Waals surface area contributed by atoms with Gasteiger partial charge in [-0.25, -0.2) is 8.78 Å². The fourth-order valence-corrected chi connectivity index (χ4v) is 1.61.